The lowest BCUT2D eigenvalue weighted by molar-refractivity contribution is 0.0957. The fourth-order valence-corrected chi connectivity index (χ4v) is 3.26. The smallest absolute Gasteiger partial charge is 0.263 e. The van der Waals surface area contributed by atoms with Gasteiger partial charge in [-0.1, -0.05) is 12.1 Å². The van der Waals surface area contributed by atoms with Crippen LogP contribution in [0.15, 0.2) is 30.2 Å². The van der Waals surface area contributed by atoms with Crippen molar-refractivity contribution in [2.75, 3.05) is 6.54 Å². The van der Waals surface area contributed by atoms with E-state index in [0.717, 1.165) is 22.0 Å². The predicted octanol–water partition coefficient (Wildman–Crippen LogP) is 3.49. The van der Waals surface area contributed by atoms with E-state index < -0.39 is 0 Å². The van der Waals surface area contributed by atoms with E-state index in [-0.39, 0.29) is 5.91 Å². The summed E-state index contributed by atoms with van der Waals surface area (Å²) in [5.74, 6) is -0.0466. The Labute approximate surface area is 114 Å². The highest BCUT2D eigenvalue weighted by Gasteiger charge is 2.15. The Bertz CT molecular complexity index is 543. The monoisotopic (exact) mass is 278 g/mol. The molecule has 0 saturated carbocycles. The number of nitrogens with one attached hydrogen (secondary N) is 1. The molecule has 0 radical (unpaired) electrons. The van der Waals surface area contributed by atoms with Gasteiger partial charge < -0.3 is 5.32 Å². The van der Waals surface area contributed by atoms with Crippen LogP contribution in [0.5, 0.6) is 0 Å². The molecule has 2 rings (SSSR count). The summed E-state index contributed by atoms with van der Waals surface area (Å²) in [5.41, 5.74) is 0.791. The molecular weight excluding hydrogens is 264 g/mol. The summed E-state index contributed by atoms with van der Waals surface area (Å²) < 4.78 is 0. The zero-order valence-corrected chi connectivity index (χ0v) is 11.7. The first-order valence-electron chi connectivity index (χ1n) is 5.62. The zero-order valence-electron chi connectivity index (χ0n) is 10.1. The fraction of sp³-hybridized carbons (Fsp3) is 0.231. The first-order valence-corrected chi connectivity index (χ1v) is 7.32. The van der Waals surface area contributed by atoms with Crippen LogP contribution in [0.2, 0.25) is 0 Å². The highest BCUT2D eigenvalue weighted by atomic mass is 32.1. The first kappa shape index (κ1) is 13.0. The second-order valence-corrected chi connectivity index (χ2v) is 5.69. The second-order valence-electron chi connectivity index (χ2n) is 3.74. The number of aryl methyl sites for hydroxylation is 1. The number of thiazole rings is 1. The number of carbonyl (C=O) groups is 1. The number of hydrogen-bond acceptors (Lipinski definition) is 4. The summed E-state index contributed by atoms with van der Waals surface area (Å²) in [4.78, 5) is 18.2. The number of amides is 1. The summed E-state index contributed by atoms with van der Waals surface area (Å²) >= 11 is 3.08. The van der Waals surface area contributed by atoms with Crippen molar-refractivity contribution in [2.24, 2.45) is 0 Å². The number of rotatable bonds is 5. The lowest BCUT2D eigenvalue weighted by Gasteiger charge is -2.00. The van der Waals surface area contributed by atoms with Gasteiger partial charge in [-0.3, -0.25) is 4.79 Å². The maximum Gasteiger partial charge on any atom is 0.263 e. The summed E-state index contributed by atoms with van der Waals surface area (Å²) in [6.45, 7) is 6.12. The van der Waals surface area contributed by atoms with Crippen LogP contribution in [0.25, 0.3) is 9.88 Å². The molecule has 2 aromatic rings. The summed E-state index contributed by atoms with van der Waals surface area (Å²) in [7, 11) is 0. The third-order valence-electron chi connectivity index (χ3n) is 2.37. The standard InChI is InChI=1S/C13H14N2OS2/c1-3-4-7-14-12(16)11-9(2)15-13(18-11)10-6-5-8-17-10/h3,5-6,8H,1,4,7H2,2H3,(H,14,16). The second kappa shape index (κ2) is 5.93. The van der Waals surface area contributed by atoms with Gasteiger partial charge in [0.05, 0.1) is 10.6 Å². The zero-order chi connectivity index (χ0) is 13.0. The van der Waals surface area contributed by atoms with Crippen LogP contribution in [0, 0.1) is 6.92 Å². The molecule has 0 aliphatic carbocycles. The quantitative estimate of drug-likeness (QED) is 0.672. The Hall–Kier alpha value is -1.46. The van der Waals surface area contributed by atoms with Crippen molar-refractivity contribution >= 4 is 28.6 Å². The number of nitrogens with zero attached hydrogens (tertiary/aromatic N) is 1. The average Bonchev–Trinajstić information content (AvgIpc) is 2.97. The third kappa shape index (κ3) is 2.86. The van der Waals surface area contributed by atoms with Crippen LogP contribution < -0.4 is 5.32 Å². The number of carbonyl (C=O) groups excluding carboxylic acids is 1. The molecule has 94 valence electrons. The molecule has 2 heterocycles. The van der Waals surface area contributed by atoms with E-state index in [1.165, 1.54) is 11.3 Å². The molecule has 1 N–H and O–H groups in total. The number of thiophene rings is 1. The predicted molar refractivity (Wildman–Crippen MR) is 77.3 cm³/mol. The highest BCUT2D eigenvalue weighted by Crippen LogP contribution is 2.30. The van der Waals surface area contributed by atoms with Crippen LogP contribution in [-0.2, 0) is 0 Å². The van der Waals surface area contributed by atoms with Crippen molar-refractivity contribution in [1.29, 1.82) is 0 Å². The van der Waals surface area contributed by atoms with Crippen LogP contribution in [0.1, 0.15) is 21.8 Å². The first-order chi connectivity index (χ1) is 8.72. The molecule has 5 heteroatoms. The van der Waals surface area contributed by atoms with E-state index in [1.54, 1.807) is 17.4 Å². The van der Waals surface area contributed by atoms with Crippen molar-refractivity contribution in [3.05, 3.63) is 40.7 Å². The fourth-order valence-electron chi connectivity index (χ4n) is 1.48. The van der Waals surface area contributed by atoms with Gasteiger partial charge in [0, 0.05) is 6.54 Å². The summed E-state index contributed by atoms with van der Waals surface area (Å²) in [6, 6.07) is 4.00. The van der Waals surface area contributed by atoms with Crippen molar-refractivity contribution in [2.45, 2.75) is 13.3 Å². The molecule has 18 heavy (non-hydrogen) atoms. The third-order valence-corrected chi connectivity index (χ3v) is 4.56. The van der Waals surface area contributed by atoms with E-state index in [0.29, 0.717) is 11.4 Å². The molecule has 0 fully saturated rings. The molecule has 0 aliphatic heterocycles. The van der Waals surface area contributed by atoms with E-state index in [2.05, 4.69) is 16.9 Å². The van der Waals surface area contributed by atoms with Gasteiger partial charge in [0.2, 0.25) is 0 Å². The van der Waals surface area contributed by atoms with Gasteiger partial charge in [0.1, 0.15) is 9.88 Å². The average molecular weight is 278 g/mol. The molecule has 0 saturated heterocycles. The van der Waals surface area contributed by atoms with Crippen LogP contribution in [-0.4, -0.2) is 17.4 Å². The van der Waals surface area contributed by atoms with Gasteiger partial charge in [-0.05, 0) is 24.8 Å². The molecule has 0 bridgehead atoms. The minimum atomic E-state index is -0.0466. The minimum absolute atomic E-state index is 0.0466. The molecular formula is C13H14N2OS2. The van der Waals surface area contributed by atoms with Gasteiger partial charge >= 0.3 is 0 Å². The Morgan fingerprint density at radius 1 is 1.61 bits per heavy atom. The summed E-state index contributed by atoms with van der Waals surface area (Å²) in [5, 5.41) is 5.79. The van der Waals surface area contributed by atoms with E-state index in [4.69, 9.17) is 0 Å². The van der Waals surface area contributed by atoms with Crippen molar-refractivity contribution in [1.82, 2.24) is 10.3 Å². The lowest BCUT2D eigenvalue weighted by atomic mass is 10.3. The normalized spacial score (nSPS) is 10.3. The van der Waals surface area contributed by atoms with E-state index in [9.17, 15) is 4.79 Å². The van der Waals surface area contributed by atoms with Crippen molar-refractivity contribution in [3.8, 4) is 9.88 Å². The maximum atomic E-state index is 12.0. The number of hydrogen-bond donors (Lipinski definition) is 1. The molecule has 0 unspecified atom stereocenters. The molecule has 2 aromatic heterocycles. The van der Waals surface area contributed by atoms with Gasteiger partial charge in [-0.15, -0.1) is 29.3 Å². The highest BCUT2D eigenvalue weighted by molar-refractivity contribution is 7.22. The Morgan fingerprint density at radius 3 is 3.11 bits per heavy atom. The van der Waals surface area contributed by atoms with Gasteiger partial charge in [-0.2, -0.15) is 0 Å². The SMILES string of the molecule is C=CCCNC(=O)c1sc(-c2cccs2)nc1C. The van der Waals surface area contributed by atoms with Gasteiger partial charge in [-0.25, -0.2) is 4.98 Å². The molecule has 0 aliphatic rings. The van der Waals surface area contributed by atoms with Crippen LogP contribution in [0.3, 0.4) is 0 Å². The summed E-state index contributed by atoms with van der Waals surface area (Å²) in [6.07, 6.45) is 2.57. The van der Waals surface area contributed by atoms with E-state index in [1.807, 2.05) is 24.4 Å². The largest absolute Gasteiger partial charge is 0.351 e. The Balaban J connectivity index is 2.14. The molecule has 0 aromatic carbocycles. The topological polar surface area (TPSA) is 42.0 Å². The van der Waals surface area contributed by atoms with Crippen LogP contribution in [0.4, 0.5) is 0 Å². The molecule has 1 amide bonds. The Kier molecular flexibility index (Phi) is 4.28. The van der Waals surface area contributed by atoms with Crippen LogP contribution >= 0.6 is 22.7 Å². The Morgan fingerprint density at radius 2 is 2.44 bits per heavy atom. The molecule has 0 spiro atoms. The lowest BCUT2D eigenvalue weighted by Crippen LogP contribution is -2.23. The molecule has 0 atom stereocenters. The maximum absolute atomic E-state index is 12.0. The van der Waals surface area contributed by atoms with E-state index >= 15 is 0 Å². The van der Waals surface area contributed by atoms with Gasteiger partial charge in [0.15, 0.2) is 0 Å². The van der Waals surface area contributed by atoms with Gasteiger partial charge in [0.25, 0.3) is 5.91 Å². The molecule has 3 nitrogen and oxygen atoms in total. The van der Waals surface area contributed by atoms with Crippen molar-refractivity contribution in [3.63, 3.8) is 0 Å². The minimum Gasteiger partial charge on any atom is -0.351 e. The van der Waals surface area contributed by atoms with Crippen molar-refractivity contribution < 1.29 is 4.79 Å². The number of aromatic nitrogens is 1.